The molecule has 0 unspecified atom stereocenters. The lowest BCUT2D eigenvalue weighted by Gasteiger charge is -2.15. The van der Waals surface area contributed by atoms with Crippen LogP contribution in [0.3, 0.4) is 0 Å². The fraction of sp³-hybridized carbons (Fsp3) is 0.286. The van der Waals surface area contributed by atoms with Crippen LogP contribution in [0.2, 0.25) is 0 Å². The van der Waals surface area contributed by atoms with Gasteiger partial charge in [0.05, 0.1) is 11.9 Å². The maximum atomic E-state index is 14.2. The SMILES string of the molecule is CC(C)Cn1c(NC2=C(F)CCC=C2)nc2cnc(Nc3ccc(F)cc3)nc21. The van der Waals surface area contributed by atoms with Gasteiger partial charge in [0.15, 0.2) is 5.65 Å². The normalized spacial score (nSPS) is 14.1. The molecule has 8 heteroatoms. The monoisotopic (exact) mass is 396 g/mol. The predicted octanol–water partition coefficient (Wildman–Crippen LogP) is 5.31. The Morgan fingerprint density at radius 3 is 2.62 bits per heavy atom. The van der Waals surface area contributed by atoms with E-state index in [1.54, 1.807) is 24.4 Å². The molecule has 4 rings (SSSR count). The van der Waals surface area contributed by atoms with Crippen LogP contribution in [-0.2, 0) is 6.54 Å². The minimum atomic E-state index is -0.309. The first kappa shape index (κ1) is 19.0. The fourth-order valence-corrected chi connectivity index (χ4v) is 3.14. The summed E-state index contributed by atoms with van der Waals surface area (Å²) in [6.07, 6.45) is 6.38. The number of halogens is 2. The zero-order chi connectivity index (χ0) is 20.4. The summed E-state index contributed by atoms with van der Waals surface area (Å²) >= 11 is 0. The predicted molar refractivity (Wildman–Crippen MR) is 110 cm³/mol. The second kappa shape index (κ2) is 7.98. The van der Waals surface area contributed by atoms with Crippen molar-refractivity contribution < 1.29 is 8.78 Å². The molecule has 1 aliphatic carbocycles. The third kappa shape index (κ3) is 4.26. The summed E-state index contributed by atoms with van der Waals surface area (Å²) in [5.74, 6) is 0.746. The fourth-order valence-electron chi connectivity index (χ4n) is 3.14. The topological polar surface area (TPSA) is 67.7 Å². The standard InChI is InChI=1S/C21H22F2N6/c1-13(2)12-29-19-18(27-21(29)26-17-6-4-3-5-16(17)23)11-24-20(28-19)25-15-9-7-14(22)8-10-15/h4,6-11,13H,3,5,12H2,1-2H3,(H,26,27)(H,24,25,28). The van der Waals surface area contributed by atoms with Gasteiger partial charge in [0.2, 0.25) is 11.9 Å². The van der Waals surface area contributed by atoms with Gasteiger partial charge in [0.1, 0.15) is 17.2 Å². The summed E-state index contributed by atoms with van der Waals surface area (Å²) in [4.78, 5) is 13.5. The quantitative estimate of drug-likeness (QED) is 0.591. The summed E-state index contributed by atoms with van der Waals surface area (Å²) in [5.41, 5.74) is 2.35. The Balaban J connectivity index is 1.70. The van der Waals surface area contributed by atoms with Gasteiger partial charge in [0.25, 0.3) is 0 Å². The van der Waals surface area contributed by atoms with Crippen LogP contribution in [-0.4, -0.2) is 19.5 Å². The summed E-state index contributed by atoms with van der Waals surface area (Å²) in [7, 11) is 0. The molecule has 0 radical (unpaired) electrons. The molecular weight excluding hydrogens is 374 g/mol. The number of hydrogen-bond acceptors (Lipinski definition) is 5. The van der Waals surface area contributed by atoms with Crippen molar-refractivity contribution in [1.82, 2.24) is 19.5 Å². The van der Waals surface area contributed by atoms with Crippen LogP contribution in [0, 0.1) is 11.7 Å². The molecule has 0 aliphatic heterocycles. The lowest BCUT2D eigenvalue weighted by Crippen LogP contribution is -2.12. The number of imidazole rings is 1. The Morgan fingerprint density at radius 2 is 1.90 bits per heavy atom. The number of anilines is 3. The van der Waals surface area contributed by atoms with Gasteiger partial charge >= 0.3 is 0 Å². The van der Waals surface area contributed by atoms with Crippen molar-refractivity contribution in [2.24, 2.45) is 5.92 Å². The van der Waals surface area contributed by atoms with E-state index >= 15 is 0 Å². The molecule has 2 heterocycles. The van der Waals surface area contributed by atoms with Crippen molar-refractivity contribution in [1.29, 1.82) is 0 Å². The second-order valence-electron chi connectivity index (χ2n) is 7.36. The lowest BCUT2D eigenvalue weighted by molar-refractivity contribution is 0.533. The molecule has 1 aromatic carbocycles. The Morgan fingerprint density at radius 1 is 1.10 bits per heavy atom. The summed E-state index contributed by atoms with van der Waals surface area (Å²) in [6.45, 7) is 4.84. The zero-order valence-corrected chi connectivity index (χ0v) is 16.3. The van der Waals surface area contributed by atoms with Gasteiger partial charge in [-0.25, -0.2) is 18.7 Å². The lowest BCUT2D eigenvalue weighted by atomic mass is 10.1. The van der Waals surface area contributed by atoms with Gasteiger partial charge < -0.3 is 10.6 Å². The molecule has 0 bridgehead atoms. The van der Waals surface area contributed by atoms with E-state index in [0.717, 1.165) is 0 Å². The van der Waals surface area contributed by atoms with Crippen LogP contribution in [0.5, 0.6) is 0 Å². The first-order chi connectivity index (χ1) is 14.0. The van der Waals surface area contributed by atoms with Crippen LogP contribution in [0.25, 0.3) is 11.2 Å². The number of fused-ring (bicyclic) bond motifs is 1. The molecule has 1 aliphatic rings. The Kier molecular flexibility index (Phi) is 5.24. The van der Waals surface area contributed by atoms with Gasteiger partial charge in [-0.2, -0.15) is 4.98 Å². The van der Waals surface area contributed by atoms with Gasteiger partial charge in [0, 0.05) is 18.7 Å². The van der Waals surface area contributed by atoms with Crippen LogP contribution in [0.15, 0.2) is 54.1 Å². The van der Waals surface area contributed by atoms with E-state index < -0.39 is 0 Å². The number of nitrogens with one attached hydrogen (secondary N) is 2. The molecule has 6 nitrogen and oxygen atoms in total. The van der Waals surface area contributed by atoms with Crippen molar-refractivity contribution in [2.45, 2.75) is 33.2 Å². The van der Waals surface area contributed by atoms with E-state index in [9.17, 15) is 8.78 Å². The molecule has 0 saturated carbocycles. The van der Waals surface area contributed by atoms with E-state index in [-0.39, 0.29) is 11.6 Å². The van der Waals surface area contributed by atoms with Gasteiger partial charge in [-0.3, -0.25) is 4.57 Å². The highest BCUT2D eigenvalue weighted by Gasteiger charge is 2.17. The molecule has 0 amide bonds. The van der Waals surface area contributed by atoms with Crippen LogP contribution < -0.4 is 10.6 Å². The van der Waals surface area contributed by atoms with Gasteiger partial charge in [-0.15, -0.1) is 0 Å². The molecule has 2 aromatic heterocycles. The molecule has 0 saturated heterocycles. The van der Waals surface area contributed by atoms with E-state index in [0.29, 0.717) is 59.7 Å². The van der Waals surface area contributed by atoms with E-state index in [4.69, 9.17) is 0 Å². The maximum absolute atomic E-state index is 14.2. The zero-order valence-electron chi connectivity index (χ0n) is 16.3. The third-order valence-corrected chi connectivity index (χ3v) is 4.49. The maximum Gasteiger partial charge on any atom is 0.229 e. The van der Waals surface area contributed by atoms with Gasteiger partial charge in [-0.05, 0) is 42.7 Å². The third-order valence-electron chi connectivity index (χ3n) is 4.49. The molecular formula is C21H22F2N6. The second-order valence-corrected chi connectivity index (χ2v) is 7.36. The molecule has 29 heavy (non-hydrogen) atoms. The van der Waals surface area contributed by atoms with Gasteiger partial charge in [-0.1, -0.05) is 19.9 Å². The number of hydrogen-bond donors (Lipinski definition) is 2. The first-order valence-electron chi connectivity index (χ1n) is 9.57. The molecule has 0 atom stereocenters. The molecule has 150 valence electrons. The molecule has 3 aromatic rings. The first-order valence-corrected chi connectivity index (χ1v) is 9.57. The highest BCUT2D eigenvalue weighted by atomic mass is 19.1. The number of aromatic nitrogens is 4. The van der Waals surface area contributed by atoms with E-state index in [1.807, 2.05) is 10.6 Å². The van der Waals surface area contributed by atoms with E-state index in [1.165, 1.54) is 12.1 Å². The van der Waals surface area contributed by atoms with E-state index in [2.05, 4.69) is 39.4 Å². The minimum Gasteiger partial charge on any atom is -0.324 e. The van der Waals surface area contributed by atoms with Crippen molar-refractivity contribution in [2.75, 3.05) is 10.6 Å². The number of allylic oxidation sites excluding steroid dienone is 3. The Hall–Kier alpha value is -3.29. The van der Waals surface area contributed by atoms with Crippen molar-refractivity contribution in [3.63, 3.8) is 0 Å². The molecule has 0 spiro atoms. The van der Waals surface area contributed by atoms with Crippen molar-refractivity contribution >= 4 is 28.7 Å². The number of rotatable bonds is 6. The van der Waals surface area contributed by atoms with Crippen LogP contribution in [0.4, 0.5) is 26.4 Å². The molecule has 0 fully saturated rings. The number of nitrogens with zero attached hydrogens (tertiary/aromatic N) is 4. The highest BCUT2D eigenvalue weighted by molar-refractivity contribution is 5.76. The summed E-state index contributed by atoms with van der Waals surface area (Å²) in [5, 5.41) is 6.18. The summed E-state index contributed by atoms with van der Waals surface area (Å²) in [6, 6.07) is 5.97. The highest BCUT2D eigenvalue weighted by Crippen LogP contribution is 2.26. The molecule has 2 N–H and O–H groups in total. The average Bonchev–Trinajstić information content (AvgIpc) is 3.02. The van der Waals surface area contributed by atoms with Crippen LogP contribution in [0.1, 0.15) is 26.7 Å². The smallest absolute Gasteiger partial charge is 0.229 e. The largest absolute Gasteiger partial charge is 0.324 e. The van der Waals surface area contributed by atoms with Crippen molar-refractivity contribution in [3.8, 4) is 0 Å². The number of benzene rings is 1. The van der Waals surface area contributed by atoms with Crippen molar-refractivity contribution in [3.05, 3.63) is 60.0 Å². The summed E-state index contributed by atoms with van der Waals surface area (Å²) < 4.78 is 29.2. The van der Waals surface area contributed by atoms with Crippen LogP contribution >= 0.6 is 0 Å². The Labute approximate surface area is 167 Å². The minimum absolute atomic E-state index is 0.180. The Bertz CT molecular complexity index is 1080. The average molecular weight is 396 g/mol.